The second-order valence-electron chi connectivity index (χ2n) is 7.34. The van der Waals surface area contributed by atoms with Crippen molar-refractivity contribution in [2.45, 2.75) is 10.5 Å². The number of amides is 1. The van der Waals surface area contributed by atoms with E-state index < -0.39 is 0 Å². The van der Waals surface area contributed by atoms with Crippen molar-refractivity contribution in [3.8, 4) is 17.1 Å². The Morgan fingerprint density at radius 2 is 1.88 bits per heavy atom. The zero-order valence-corrected chi connectivity index (χ0v) is 19.2. The summed E-state index contributed by atoms with van der Waals surface area (Å²) >= 11 is 2.91. The fourth-order valence-electron chi connectivity index (χ4n) is 3.72. The molecular formula is C24H20FN5OS2. The Bertz CT molecular complexity index is 1250. The molecule has 0 aliphatic carbocycles. The highest BCUT2D eigenvalue weighted by Gasteiger charge is 2.32. The number of para-hydroxylation sites is 1. The van der Waals surface area contributed by atoms with E-state index in [1.807, 2.05) is 47.0 Å². The van der Waals surface area contributed by atoms with E-state index in [-0.39, 0.29) is 22.9 Å². The first-order valence-electron chi connectivity index (χ1n) is 10.4. The van der Waals surface area contributed by atoms with Gasteiger partial charge in [-0.15, -0.1) is 22.0 Å². The molecule has 1 aliphatic rings. The molecule has 0 N–H and O–H groups in total. The number of rotatable bonds is 6. The molecule has 0 saturated carbocycles. The van der Waals surface area contributed by atoms with E-state index in [0.717, 1.165) is 17.0 Å². The van der Waals surface area contributed by atoms with E-state index in [2.05, 4.69) is 15.2 Å². The average molecular weight is 478 g/mol. The highest BCUT2D eigenvalue weighted by atomic mass is 32.2. The summed E-state index contributed by atoms with van der Waals surface area (Å²) in [5.74, 6) is 1.28. The maximum atomic E-state index is 14.4. The van der Waals surface area contributed by atoms with Crippen molar-refractivity contribution in [3.63, 3.8) is 0 Å². The van der Waals surface area contributed by atoms with Gasteiger partial charge in [0.05, 0.1) is 5.75 Å². The summed E-state index contributed by atoms with van der Waals surface area (Å²) in [6, 6.07) is 20.2. The molecule has 0 bridgehead atoms. The van der Waals surface area contributed by atoms with Gasteiger partial charge >= 0.3 is 0 Å². The van der Waals surface area contributed by atoms with Gasteiger partial charge in [-0.05, 0) is 30.3 Å². The molecule has 6 nitrogen and oxygen atoms in total. The first kappa shape index (κ1) is 21.7. The summed E-state index contributed by atoms with van der Waals surface area (Å²) in [6.07, 6.45) is 3.45. The van der Waals surface area contributed by atoms with Gasteiger partial charge in [-0.1, -0.05) is 48.2 Å². The summed E-state index contributed by atoms with van der Waals surface area (Å²) in [4.78, 5) is 19.1. The first-order chi connectivity index (χ1) is 16.2. The van der Waals surface area contributed by atoms with Gasteiger partial charge in [0.1, 0.15) is 11.2 Å². The summed E-state index contributed by atoms with van der Waals surface area (Å²) in [7, 11) is 0. The summed E-state index contributed by atoms with van der Waals surface area (Å²) in [5.41, 5.74) is 2.28. The molecule has 3 heterocycles. The van der Waals surface area contributed by atoms with Gasteiger partial charge in [0.2, 0.25) is 5.91 Å². The topological polar surface area (TPSA) is 63.9 Å². The molecule has 1 atom stereocenters. The third-order valence-corrected chi connectivity index (χ3v) is 7.43. The fourth-order valence-corrected chi connectivity index (χ4v) is 5.86. The molecule has 1 saturated heterocycles. The van der Waals surface area contributed by atoms with Gasteiger partial charge in [-0.3, -0.25) is 14.3 Å². The lowest BCUT2D eigenvalue weighted by atomic mass is 10.2. The Labute approximate surface area is 199 Å². The highest BCUT2D eigenvalue weighted by molar-refractivity contribution is 8.00. The molecule has 0 radical (unpaired) electrons. The molecule has 5 rings (SSSR count). The molecule has 2 aromatic carbocycles. The molecule has 1 amide bonds. The minimum absolute atomic E-state index is 0.0520. The minimum Gasteiger partial charge on any atom is -0.325 e. The third kappa shape index (κ3) is 4.51. The van der Waals surface area contributed by atoms with E-state index >= 15 is 0 Å². The minimum atomic E-state index is -0.308. The molecule has 0 spiro atoms. The van der Waals surface area contributed by atoms with Crippen molar-refractivity contribution in [2.24, 2.45) is 0 Å². The van der Waals surface area contributed by atoms with Gasteiger partial charge in [0.25, 0.3) is 0 Å². The van der Waals surface area contributed by atoms with Crippen LogP contribution >= 0.6 is 23.5 Å². The zero-order valence-electron chi connectivity index (χ0n) is 17.5. The van der Waals surface area contributed by atoms with E-state index in [9.17, 15) is 9.18 Å². The molecule has 4 aromatic rings. The van der Waals surface area contributed by atoms with E-state index in [1.165, 1.54) is 17.8 Å². The van der Waals surface area contributed by atoms with Gasteiger partial charge in [-0.2, -0.15) is 0 Å². The number of nitrogens with zero attached hydrogens (tertiary/aromatic N) is 5. The molecule has 1 fully saturated rings. The number of pyridine rings is 1. The fraction of sp³-hybridized carbons (Fsp3) is 0.167. The Morgan fingerprint density at radius 3 is 2.67 bits per heavy atom. The maximum absolute atomic E-state index is 14.4. The number of halogens is 1. The van der Waals surface area contributed by atoms with Crippen LogP contribution in [-0.4, -0.2) is 48.6 Å². The molecule has 9 heteroatoms. The molecule has 166 valence electrons. The highest BCUT2D eigenvalue weighted by Crippen LogP contribution is 2.39. The molecular weight excluding hydrogens is 457 g/mol. The van der Waals surface area contributed by atoms with E-state index in [4.69, 9.17) is 0 Å². The van der Waals surface area contributed by atoms with Crippen LogP contribution in [0, 0.1) is 5.82 Å². The van der Waals surface area contributed by atoms with Crippen LogP contribution in [0.4, 0.5) is 4.39 Å². The van der Waals surface area contributed by atoms with Crippen LogP contribution in [0.5, 0.6) is 0 Å². The number of hydrogen-bond donors (Lipinski definition) is 0. The SMILES string of the molecule is O=C(CSc1nnc(-c2cccnc2)n1-c1ccccc1)N1CCS[C@@H]1c1ccccc1F. The Hall–Kier alpha value is -3.17. The van der Waals surface area contributed by atoms with Crippen LogP contribution in [0.3, 0.4) is 0 Å². The number of benzene rings is 2. The molecule has 1 aliphatic heterocycles. The van der Waals surface area contributed by atoms with Crippen molar-refractivity contribution in [1.29, 1.82) is 0 Å². The zero-order chi connectivity index (χ0) is 22.6. The lowest BCUT2D eigenvalue weighted by Gasteiger charge is -2.24. The van der Waals surface area contributed by atoms with Gasteiger partial charge < -0.3 is 4.90 Å². The Kier molecular flexibility index (Phi) is 6.41. The molecule has 33 heavy (non-hydrogen) atoms. The smallest absolute Gasteiger partial charge is 0.234 e. The lowest BCUT2D eigenvalue weighted by Crippen LogP contribution is -2.32. The number of thioether (sulfide) groups is 2. The van der Waals surface area contributed by atoms with Crippen LogP contribution in [0.25, 0.3) is 17.1 Å². The summed E-state index contributed by atoms with van der Waals surface area (Å²) in [5, 5.41) is 9.06. The number of carbonyl (C=O) groups is 1. The van der Waals surface area contributed by atoms with Gasteiger partial charge in [0, 0.05) is 41.5 Å². The van der Waals surface area contributed by atoms with Crippen molar-refractivity contribution in [1.82, 2.24) is 24.6 Å². The first-order valence-corrected chi connectivity index (χ1v) is 12.5. The quantitative estimate of drug-likeness (QED) is 0.371. The third-order valence-electron chi connectivity index (χ3n) is 5.27. The predicted octanol–water partition coefficient (Wildman–Crippen LogP) is 4.83. The maximum Gasteiger partial charge on any atom is 0.234 e. The monoisotopic (exact) mass is 477 g/mol. The molecule has 2 aromatic heterocycles. The van der Waals surface area contributed by atoms with Crippen molar-refractivity contribution in [3.05, 3.63) is 90.5 Å². The van der Waals surface area contributed by atoms with Crippen molar-refractivity contribution in [2.75, 3.05) is 18.1 Å². The van der Waals surface area contributed by atoms with E-state index in [0.29, 0.717) is 23.1 Å². The Morgan fingerprint density at radius 1 is 1.06 bits per heavy atom. The van der Waals surface area contributed by atoms with Gasteiger partial charge in [-0.25, -0.2) is 4.39 Å². The second-order valence-corrected chi connectivity index (χ2v) is 9.47. The normalized spacial score (nSPS) is 15.7. The van der Waals surface area contributed by atoms with Crippen LogP contribution in [0.2, 0.25) is 0 Å². The largest absolute Gasteiger partial charge is 0.325 e. The van der Waals surface area contributed by atoms with Crippen LogP contribution in [0.15, 0.2) is 84.3 Å². The van der Waals surface area contributed by atoms with Crippen LogP contribution in [0.1, 0.15) is 10.9 Å². The molecule has 0 unspecified atom stereocenters. The summed E-state index contributed by atoms with van der Waals surface area (Å²) < 4.78 is 16.3. The second kappa shape index (κ2) is 9.76. The lowest BCUT2D eigenvalue weighted by molar-refractivity contribution is -0.128. The average Bonchev–Trinajstić information content (AvgIpc) is 3.51. The number of aromatic nitrogens is 4. The number of hydrogen-bond acceptors (Lipinski definition) is 6. The Balaban J connectivity index is 1.39. The predicted molar refractivity (Wildman–Crippen MR) is 129 cm³/mol. The van der Waals surface area contributed by atoms with Crippen molar-refractivity contribution < 1.29 is 9.18 Å². The summed E-state index contributed by atoms with van der Waals surface area (Å²) in [6.45, 7) is 0.593. The number of carbonyl (C=O) groups excluding carboxylic acids is 1. The van der Waals surface area contributed by atoms with Crippen molar-refractivity contribution >= 4 is 29.4 Å². The van der Waals surface area contributed by atoms with Crippen LogP contribution < -0.4 is 0 Å². The van der Waals surface area contributed by atoms with Gasteiger partial charge in [0.15, 0.2) is 11.0 Å². The standard InChI is InChI=1S/C24H20FN5OS2/c25-20-11-5-4-10-19(20)23-29(13-14-32-23)21(31)16-33-24-28-27-22(17-7-6-12-26-15-17)30(24)18-8-2-1-3-9-18/h1-12,15,23H,13-14,16H2/t23-/m1/s1. The van der Waals surface area contributed by atoms with Crippen LogP contribution in [-0.2, 0) is 4.79 Å². The van der Waals surface area contributed by atoms with E-state index in [1.54, 1.807) is 47.3 Å².